The fourth-order valence-electron chi connectivity index (χ4n) is 3.37. The van der Waals surface area contributed by atoms with Gasteiger partial charge < -0.3 is 15.0 Å². The van der Waals surface area contributed by atoms with Crippen LogP contribution in [0, 0.1) is 16.0 Å². The molecule has 0 spiro atoms. The molecule has 10 nitrogen and oxygen atoms in total. The van der Waals surface area contributed by atoms with Crippen LogP contribution >= 0.6 is 0 Å². The van der Waals surface area contributed by atoms with E-state index in [1.165, 1.54) is 12.1 Å². The second-order valence-electron chi connectivity index (χ2n) is 7.33. The lowest BCUT2D eigenvalue weighted by Gasteiger charge is -2.31. The highest BCUT2D eigenvalue weighted by Gasteiger charge is 2.25. The first kappa shape index (κ1) is 22.5. The van der Waals surface area contributed by atoms with Crippen molar-refractivity contribution in [2.24, 2.45) is 11.1 Å². The standard InChI is InChI=1S/C20H24N4O6S/c21-31(28,29)17-6-7-18(19(12-17)24(26)27)22-13-15-8-10-23(11-9-15)20(25)30-14-16-4-2-1-3-5-16/h1-7,12,15,22H,8-11,13-14H2,(H2,21,28,29). The highest BCUT2D eigenvalue weighted by atomic mass is 32.2. The molecule has 0 aliphatic carbocycles. The number of amides is 1. The van der Waals surface area contributed by atoms with Gasteiger partial charge >= 0.3 is 6.09 Å². The molecule has 1 amide bonds. The number of nitrogens with zero attached hydrogens (tertiary/aromatic N) is 2. The lowest BCUT2D eigenvalue weighted by molar-refractivity contribution is -0.384. The summed E-state index contributed by atoms with van der Waals surface area (Å²) in [6.45, 7) is 1.75. The van der Waals surface area contributed by atoms with Gasteiger partial charge in [-0.1, -0.05) is 30.3 Å². The molecule has 31 heavy (non-hydrogen) atoms. The Morgan fingerprint density at radius 1 is 1.19 bits per heavy atom. The summed E-state index contributed by atoms with van der Waals surface area (Å²) in [6.07, 6.45) is 1.08. The van der Waals surface area contributed by atoms with E-state index in [0.29, 0.717) is 19.6 Å². The number of nitro groups is 1. The summed E-state index contributed by atoms with van der Waals surface area (Å²) in [5.41, 5.74) is 0.792. The number of piperidine rings is 1. The first-order chi connectivity index (χ1) is 14.7. The SMILES string of the molecule is NS(=O)(=O)c1ccc(NCC2CCN(C(=O)OCc3ccccc3)CC2)c([N+](=O)[O-])c1. The van der Waals surface area contributed by atoms with Crippen LogP contribution in [0.5, 0.6) is 0 Å². The van der Waals surface area contributed by atoms with E-state index in [9.17, 15) is 23.3 Å². The van der Waals surface area contributed by atoms with Crippen molar-refractivity contribution in [1.29, 1.82) is 0 Å². The molecule has 11 heteroatoms. The third-order valence-corrected chi connectivity index (χ3v) is 6.06. The number of hydrogen-bond acceptors (Lipinski definition) is 7. The number of likely N-dealkylation sites (tertiary alicyclic amines) is 1. The van der Waals surface area contributed by atoms with E-state index in [1.807, 2.05) is 30.3 Å². The van der Waals surface area contributed by atoms with Crippen molar-refractivity contribution in [3.05, 3.63) is 64.2 Å². The van der Waals surface area contributed by atoms with Gasteiger partial charge in [0.15, 0.2) is 0 Å². The minimum atomic E-state index is -4.03. The zero-order chi connectivity index (χ0) is 22.4. The highest BCUT2D eigenvalue weighted by molar-refractivity contribution is 7.89. The fourth-order valence-corrected chi connectivity index (χ4v) is 3.91. The second kappa shape index (κ2) is 9.75. The van der Waals surface area contributed by atoms with Crippen molar-refractivity contribution in [3.8, 4) is 0 Å². The quantitative estimate of drug-likeness (QED) is 0.489. The topological polar surface area (TPSA) is 145 Å². The monoisotopic (exact) mass is 448 g/mol. The van der Waals surface area contributed by atoms with E-state index < -0.39 is 14.9 Å². The zero-order valence-corrected chi connectivity index (χ0v) is 17.6. The smallest absolute Gasteiger partial charge is 0.410 e. The number of nitrogens with two attached hydrogens (primary N) is 1. The number of nitro benzene ring substituents is 1. The number of rotatable bonds is 7. The molecule has 0 radical (unpaired) electrons. The number of anilines is 1. The number of ether oxygens (including phenoxy) is 1. The maximum atomic E-state index is 12.2. The van der Waals surface area contributed by atoms with Crippen molar-refractivity contribution < 1.29 is 22.9 Å². The largest absolute Gasteiger partial charge is 0.445 e. The molecule has 0 bridgehead atoms. The third-order valence-electron chi connectivity index (χ3n) is 5.15. The van der Waals surface area contributed by atoms with Gasteiger partial charge in [0, 0.05) is 25.7 Å². The summed E-state index contributed by atoms with van der Waals surface area (Å²) < 4.78 is 28.2. The Balaban J connectivity index is 1.50. The fraction of sp³-hybridized carbons (Fsp3) is 0.350. The Labute approximate surface area is 180 Å². The molecule has 2 aromatic carbocycles. The van der Waals surface area contributed by atoms with Crippen LogP contribution in [-0.4, -0.2) is 44.0 Å². The third kappa shape index (κ3) is 6.15. The molecule has 3 rings (SSSR count). The van der Waals surface area contributed by atoms with Gasteiger partial charge in [0.05, 0.1) is 9.82 Å². The van der Waals surface area contributed by atoms with Crippen LogP contribution in [0.1, 0.15) is 18.4 Å². The molecular formula is C20H24N4O6S. The summed E-state index contributed by atoms with van der Waals surface area (Å²) in [7, 11) is -4.03. The molecule has 1 saturated heterocycles. The van der Waals surface area contributed by atoms with Gasteiger partial charge in [-0.15, -0.1) is 0 Å². The molecule has 0 saturated carbocycles. The Morgan fingerprint density at radius 2 is 1.87 bits per heavy atom. The number of nitrogens with one attached hydrogen (secondary N) is 1. The van der Waals surface area contributed by atoms with Crippen LogP contribution in [0.4, 0.5) is 16.2 Å². The molecule has 166 valence electrons. The Hall–Kier alpha value is -3.18. The van der Waals surface area contributed by atoms with E-state index >= 15 is 0 Å². The van der Waals surface area contributed by atoms with Crippen LogP contribution < -0.4 is 10.5 Å². The first-order valence-corrected chi connectivity index (χ1v) is 11.3. The summed E-state index contributed by atoms with van der Waals surface area (Å²) in [5.74, 6) is 0.204. The normalized spacial score (nSPS) is 14.8. The second-order valence-corrected chi connectivity index (χ2v) is 8.89. The van der Waals surface area contributed by atoms with Crippen molar-refractivity contribution in [2.75, 3.05) is 25.0 Å². The van der Waals surface area contributed by atoms with Gasteiger partial charge in [0.1, 0.15) is 12.3 Å². The lowest BCUT2D eigenvalue weighted by atomic mass is 9.97. The molecule has 0 aromatic heterocycles. The molecule has 1 aliphatic rings. The van der Waals surface area contributed by atoms with Gasteiger partial charge in [-0.2, -0.15) is 0 Å². The van der Waals surface area contributed by atoms with Crippen LogP contribution in [-0.2, 0) is 21.4 Å². The Kier molecular flexibility index (Phi) is 7.08. The van der Waals surface area contributed by atoms with E-state index in [-0.39, 0.29) is 34.9 Å². The molecule has 2 aromatic rings. The van der Waals surface area contributed by atoms with Gasteiger partial charge in [-0.05, 0) is 36.5 Å². The predicted octanol–water partition coefficient (Wildman–Crippen LogP) is 2.70. The first-order valence-electron chi connectivity index (χ1n) is 9.75. The number of hydrogen-bond donors (Lipinski definition) is 2. The van der Waals surface area contributed by atoms with Crippen LogP contribution in [0.25, 0.3) is 0 Å². The maximum Gasteiger partial charge on any atom is 0.410 e. The minimum absolute atomic E-state index is 0.204. The number of sulfonamides is 1. The molecule has 3 N–H and O–H groups in total. The summed E-state index contributed by atoms with van der Waals surface area (Å²) in [4.78, 5) is 24.2. The van der Waals surface area contributed by atoms with Crippen LogP contribution in [0.15, 0.2) is 53.4 Å². The van der Waals surface area contributed by atoms with Gasteiger partial charge in [0.2, 0.25) is 10.0 Å². The average molecular weight is 449 g/mol. The van der Waals surface area contributed by atoms with Gasteiger partial charge in [0.25, 0.3) is 5.69 Å². The van der Waals surface area contributed by atoms with Crippen LogP contribution in [0.2, 0.25) is 0 Å². The minimum Gasteiger partial charge on any atom is -0.445 e. The van der Waals surface area contributed by atoms with Crippen molar-refractivity contribution in [1.82, 2.24) is 4.90 Å². The molecule has 0 unspecified atom stereocenters. The summed E-state index contributed by atoms with van der Waals surface area (Å²) >= 11 is 0. The lowest BCUT2D eigenvalue weighted by Crippen LogP contribution is -2.40. The van der Waals surface area contributed by atoms with E-state index in [1.54, 1.807) is 4.90 Å². The predicted molar refractivity (Wildman–Crippen MR) is 114 cm³/mol. The molecule has 1 aliphatic heterocycles. The van der Waals surface area contributed by atoms with Gasteiger partial charge in [-0.3, -0.25) is 10.1 Å². The average Bonchev–Trinajstić information content (AvgIpc) is 2.76. The number of primary sulfonamides is 1. The zero-order valence-electron chi connectivity index (χ0n) is 16.8. The Morgan fingerprint density at radius 3 is 2.48 bits per heavy atom. The molecule has 0 atom stereocenters. The molecule has 1 heterocycles. The number of carbonyl (C=O) groups excluding carboxylic acids is 1. The van der Waals surface area contributed by atoms with E-state index in [0.717, 1.165) is 24.5 Å². The summed E-state index contributed by atoms with van der Waals surface area (Å²) in [5, 5.41) is 19.4. The highest BCUT2D eigenvalue weighted by Crippen LogP contribution is 2.28. The van der Waals surface area contributed by atoms with Crippen molar-refractivity contribution in [2.45, 2.75) is 24.3 Å². The van der Waals surface area contributed by atoms with Crippen LogP contribution in [0.3, 0.4) is 0 Å². The molecule has 1 fully saturated rings. The summed E-state index contributed by atoms with van der Waals surface area (Å²) in [6, 6.07) is 13.0. The van der Waals surface area contributed by atoms with Crippen molar-refractivity contribution >= 4 is 27.5 Å². The van der Waals surface area contributed by atoms with Crippen molar-refractivity contribution in [3.63, 3.8) is 0 Å². The van der Waals surface area contributed by atoms with Gasteiger partial charge in [-0.25, -0.2) is 18.4 Å². The number of benzene rings is 2. The number of carbonyl (C=O) groups is 1. The van der Waals surface area contributed by atoms with E-state index in [2.05, 4.69) is 5.32 Å². The van der Waals surface area contributed by atoms with E-state index in [4.69, 9.17) is 9.88 Å². The maximum absolute atomic E-state index is 12.2. The molecular weight excluding hydrogens is 424 g/mol. The Bertz CT molecular complexity index is 1040.